The number of rotatable bonds is 2. The van der Waals surface area contributed by atoms with E-state index in [1.807, 2.05) is 23.0 Å². The standard InChI is InChI=1S/C7H8OS2/c1-6(7(8)9)10-4-2-3-5-10/h2-5,10H,1H2,(H,8,9). The summed E-state index contributed by atoms with van der Waals surface area (Å²) in [7, 11) is -0.527. The van der Waals surface area contributed by atoms with Gasteiger partial charge in [-0.3, -0.25) is 4.79 Å². The molecule has 0 aromatic rings. The van der Waals surface area contributed by atoms with Gasteiger partial charge in [0.1, 0.15) is 0 Å². The second kappa shape index (κ2) is 3.12. The molecule has 0 bridgehead atoms. The zero-order valence-electron chi connectivity index (χ0n) is 5.32. The summed E-state index contributed by atoms with van der Waals surface area (Å²) < 4.78 is 0. The molecule has 0 aliphatic carbocycles. The second-order valence-corrected chi connectivity index (χ2v) is 4.20. The number of hydrogen-bond acceptors (Lipinski definition) is 1. The van der Waals surface area contributed by atoms with Crippen LogP contribution >= 0.6 is 23.5 Å². The molecule has 0 radical (unpaired) electrons. The SMILES string of the molecule is C=C(C(=O)S)[SH]1C=CC=C1. The van der Waals surface area contributed by atoms with Crippen molar-refractivity contribution < 1.29 is 4.79 Å². The van der Waals surface area contributed by atoms with Crippen molar-refractivity contribution in [3.63, 3.8) is 0 Å². The monoisotopic (exact) mass is 172 g/mol. The minimum absolute atomic E-state index is 0.206. The van der Waals surface area contributed by atoms with E-state index in [0.717, 1.165) is 0 Å². The van der Waals surface area contributed by atoms with Crippen LogP contribution in [-0.2, 0) is 4.79 Å². The molecule has 54 valence electrons. The second-order valence-electron chi connectivity index (χ2n) is 1.84. The van der Waals surface area contributed by atoms with Gasteiger partial charge >= 0.3 is 0 Å². The lowest BCUT2D eigenvalue weighted by Gasteiger charge is -2.08. The third-order valence-corrected chi connectivity index (χ3v) is 3.42. The third-order valence-electron chi connectivity index (χ3n) is 1.16. The summed E-state index contributed by atoms with van der Waals surface area (Å²) in [6, 6.07) is 0. The van der Waals surface area contributed by atoms with Crippen LogP contribution in [0.3, 0.4) is 0 Å². The molecule has 0 amide bonds. The van der Waals surface area contributed by atoms with Gasteiger partial charge in [-0.25, -0.2) is 0 Å². The van der Waals surface area contributed by atoms with Crippen LogP contribution in [0.15, 0.2) is 34.5 Å². The number of carbonyl (C=O) groups is 1. The molecule has 1 heterocycles. The van der Waals surface area contributed by atoms with Crippen LogP contribution in [0.5, 0.6) is 0 Å². The fourth-order valence-electron chi connectivity index (χ4n) is 0.625. The van der Waals surface area contributed by atoms with Crippen LogP contribution in [0, 0.1) is 0 Å². The average molecular weight is 172 g/mol. The third kappa shape index (κ3) is 1.55. The molecule has 0 saturated heterocycles. The molecule has 10 heavy (non-hydrogen) atoms. The highest BCUT2D eigenvalue weighted by atomic mass is 32.2. The van der Waals surface area contributed by atoms with Crippen molar-refractivity contribution in [2.24, 2.45) is 0 Å². The van der Waals surface area contributed by atoms with Crippen LogP contribution in [0.1, 0.15) is 0 Å². The Morgan fingerprint density at radius 1 is 1.40 bits per heavy atom. The van der Waals surface area contributed by atoms with Gasteiger partial charge in [0.15, 0.2) is 0 Å². The van der Waals surface area contributed by atoms with Crippen molar-refractivity contribution in [1.29, 1.82) is 0 Å². The Morgan fingerprint density at radius 3 is 2.30 bits per heavy atom. The summed E-state index contributed by atoms with van der Waals surface area (Å²) in [6.07, 6.45) is 3.85. The molecule has 0 aromatic heterocycles. The van der Waals surface area contributed by atoms with E-state index >= 15 is 0 Å². The van der Waals surface area contributed by atoms with Gasteiger partial charge in [0.2, 0.25) is 5.12 Å². The highest BCUT2D eigenvalue weighted by molar-refractivity contribution is 8.27. The predicted octanol–water partition coefficient (Wildman–Crippen LogP) is 2.00. The van der Waals surface area contributed by atoms with Gasteiger partial charge in [0.25, 0.3) is 0 Å². The smallest absolute Gasteiger partial charge is 0.220 e. The first-order chi connectivity index (χ1) is 4.72. The summed E-state index contributed by atoms with van der Waals surface area (Å²) in [5.41, 5.74) is 0. The first kappa shape index (κ1) is 7.69. The fraction of sp³-hybridized carbons (Fsp3) is 0. The van der Waals surface area contributed by atoms with Gasteiger partial charge in [-0.1, -0.05) is 31.4 Å². The number of thiol groups is 2. The van der Waals surface area contributed by atoms with Crippen molar-refractivity contribution in [1.82, 2.24) is 0 Å². The molecule has 0 atom stereocenters. The lowest BCUT2D eigenvalue weighted by atomic mass is 10.6. The van der Waals surface area contributed by atoms with E-state index in [-0.39, 0.29) is 5.12 Å². The Kier molecular flexibility index (Phi) is 2.40. The van der Waals surface area contributed by atoms with Crippen LogP contribution in [0.25, 0.3) is 0 Å². The first-order valence-electron chi connectivity index (χ1n) is 2.77. The molecule has 0 spiro atoms. The summed E-state index contributed by atoms with van der Waals surface area (Å²) in [4.78, 5) is 11.2. The molecule has 1 aliphatic rings. The van der Waals surface area contributed by atoms with Gasteiger partial charge in [0, 0.05) is 4.91 Å². The van der Waals surface area contributed by atoms with Crippen molar-refractivity contribution in [2.45, 2.75) is 0 Å². The molecule has 0 unspecified atom stereocenters. The van der Waals surface area contributed by atoms with Gasteiger partial charge in [0.05, 0.1) is 0 Å². The molecule has 3 heteroatoms. The maximum Gasteiger partial charge on any atom is 0.220 e. The van der Waals surface area contributed by atoms with Crippen molar-refractivity contribution in [3.8, 4) is 0 Å². The van der Waals surface area contributed by atoms with Gasteiger partial charge in [-0.05, 0) is 10.8 Å². The summed E-state index contributed by atoms with van der Waals surface area (Å²) >= 11 is 3.68. The van der Waals surface area contributed by atoms with Crippen molar-refractivity contribution in [3.05, 3.63) is 34.5 Å². The Labute approximate surface area is 68.3 Å². The van der Waals surface area contributed by atoms with Crippen LogP contribution < -0.4 is 0 Å². The molecule has 0 saturated carbocycles. The Morgan fingerprint density at radius 2 is 1.90 bits per heavy atom. The molecule has 0 N–H and O–H groups in total. The predicted molar refractivity (Wildman–Crippen MR) is 50.4 cm³/mol. The minimum atomic E-state index is -0.527. The highest BCUT2D eigenvalue weighted by Crippen LogP contribution is 2.40. The maximum absolute atomic E-state index is 10.6. The van der Waals surface area contributed by atoms with E-state index in [4.69, 9.17) is 0 Å². The number of hydrogen-bond donors (Lipinski definition) is 2. The number of allylic oxidation sites excluding steroid dienone is 2. The Hall–Kier alpha value is -0.410. The van der Waals surface area contributed by atoms with E-state index in [9.17, 15) is 4.79 Å². The molecule has 1 nitrogen and oxygen atoms in total. The minimum Gasteiger partial charge on any atom is -0.281 e. The Balaban J connectivity index is 2.67. The largest absolute Gasteiger partial charge is 0.281 e. The first-order valence-corrected chi connectivity index (χ1v) is 4.70. The highest BCUT2D eigenvalue weighted by Gasteiger charge is 2.08. The van der Waals surface area contributed by atoms with E-state index < -0.39 is 10.9 Å². The van der Waals surface area contributed by atoms with Gasteiger partial charge in [-0.2, -0.15) is 10.9 Å². The van der Waals surface area contributed by atoms with Crippen LogP contribution in [0.4, 0.5) is 0 Å². The molecular formula is C7H8OS2. The lowest BCUT2D eigenvalue weighted by Crippen LogP contribution is -1.88. The van der Waals surface area contributed by atoms with Crippen molar-refractivity contribution >= 4 is 28.6 Å². The summed E-state index contributed by atoms with van der Waals surface area (Å²) in [5.74, 6) is 0. The zero-order chi connectivity index (χ0) is 7.56. The number of carbonyl (C=O) groups excluding carboxylic acids is 1. The quantitative estimate of drug-likeness (QED) is 0.481. The van der Waals surface area contributed by atoms with Crippen LogP contribution in [0.2, 0.25) is 0 Å². The molecular weight excluding hydrogens is 164 g/mol. The fourth-order valence-corrected chi connectivity index (χ4v) is 2.22. The van der Waals surface area contributed by atoms with Crippen LogP contribution in [-0.4, -0.2) is 5.12 Å². The molecule has 1 rings (SSSR count). The topological polar surface area (TPSA) is 17.1 Å². The molecule has 0 aromatic carbocycles. The van der Waals surface area contributed by atoms with Crippen molar-refractivity contribution in [2.75, 3.05) is 0 Å². The maximum atomic E-state index is 10.6. The average Bonchev–Trinajstić information content (AvgIpc) is 2.36. The van der Waals surface area contributed by atoms with E-state index in [2.05, 4.69) is 19.2 Å². The van der Waals surface area contributed by atoms with E-state index in [1.165, 1.54) is 0 Å². The van der Waals surface area contributed by atoms with Gasteiger partial charge in [-0.15, -0.1) is 0 Å². The van der Waals surface area contributed by atoms with E-state index in [0.29, 0.717) is 4.91 Å². The summed E-state index contributed by atoms with van der Waals surface area (Å²) in [5, 5.41) is 3.75. The van der Waals surface area contributed by atoms with Gasteiger partial charge < -0.3 is 0 Å². The van der Waals surface area contributed by atoms with E-state index in [1.54, 1.807) is 0 Å². The molecule has 1 aliphatic heterocycles. The molecule has 0 fully saturated rings. The normalized spacial score (nSPS) is 17.9. The lowest BCUT2D eigenvalue weighted by molar-refractivity contribution is -0.107. The summed E-state index contributed by atoms with van der Waals surface area (Å²) in [6.45, 7) is 3.64. The Bertz CT molecular complexity index is 216. The zero-order valence-corrected chi connectivity index (χ0v) is 7.11.